The van der Waals surface area contributed by atoms with Crippen molar-refractivity contribution in [2.24, 2.45) is 5.92 Å². The molecule has 1 atom stereocenters. The molecule has 1 N–H and O–H groups in total. The maximum atomic E-state index is 13.3. The van der Waals surface area contributed by atoms with Gasteiger partial charge in [-0.3, -0.25) is 4.90 Å². The Morgan fingerprint density at radius 1 is 0.966 bits per heavy atom. The minimum Gasteiger partial charge on any atom is -0.493 e. The van der Waals surface area contributed by atoms with Crippen molar-refractivity contribution in [2.45, 2.75) is 33.0 Å². The summed E-state index contributed by atoms with van der Waals surface area (Å²) in [6, 6.07) is 12.1. The van der Waals surface area contributed by atoms with Crippen LogP contribution in [0.5, 0.6) is 11.5 Å². The first kappa shape index (κ1) is 23.1. The molecule has 0 aliphatic heterocycles. The van der Waals surface area contributed by atoms with Gasteiger partial charge in [-0.2, -0.15) is 0 Å². The van der Waals surface area contributed by atoms with Crippen molar-refractivity contribution < 1.29 is 23.7 Å². The van der Waals surface area contributed by atoms with Crippen molar-refractivity contribution >= 4 is 0 Å². The molecule has 0 spiro atoms. The fourth-order valence-electron chi connectivity index (χ4n) is 3.14. The third kappa shape index (κ3) is 7.65. The lowest BCUT2D eigenvalue weighted by Gasteiger charge is -2.26. The quantitative estimate of drug-likeness (QED) is 0.581. The number of nitrogens with zero attached hydrogens (tertiary/aromatic N) is 1. The number of ether oxygens (including phenoxy) is 3. The largest absolute Gasteiger partial charge is 0.493 e. The molecule has 2 aromatic rings. The third-order valence-corrected chi connectivity index (χ3v) is 4.43. The molecule has 0 aliphatic rings. The minimum atomic E-state index is -0.634. The first-order valence-corrected chi connectivity index (χ1v) is 9.85. The van der Waals surface area contributed by atoms with Gasteiger partial charge in [-0.25, -0.2) is 4.39 Å². The summed E-state index contributed by atoms with van der Waals surface area (Å²) in [5, 5.41) is 10.5. The number of aliphatic hydroxyl groups is 1. The van der Waals surface area contributed by atoms with Crippen LogP contribution in [0, 0.1) is 11.7 Å². The average Bonchev–Trinajstić information content (AvgIpc) is 2.69. The first-order chi connectivity index (χ1) is 13.9. The van der Waals surface area contributed by atoms with Gasteiger partial charge in [0.25, 0.3) is 0 Å². The van der Waals surface area contributed by atoms with Gasteiger partial charge in [-0.05, 0) is 29.7 Å². The second-order valence-electron chi connectivity index (χ2n) is 7.53. The summed E-state index contributed by atoms with van der Waals surface area (Å²) in [4.78, 5) is 2.09. The number of aliphatic hydroxyl groups excluding tert-OH is 1. The number of benzene rings is 2. The molecule has 0 aliphatic carbocycles. The Morgan fingerprint density at radius 3 is 2.31 bits per heavy atom. The second kappa shape index (κ2) is 11.8. The van der Waals surface area contributed by atoms with E-state index in [0.717, 1.165) is 11.1 Å². The summed E-state index contributed by atoms with van der Waals surface area (Å²) < 4.78 is 29.8. The van der Waals surface area contributed by atoms with Crippen LogP contribution < -0.4 is 9.47 Å². The number of hydrogen-bond donors (Lipinski definition) is 1. The number of rotatable bonds is 12. The summed E-state index contributed by atoms with van der Waals surface area (Å²) in [7, 11) is 3.22. The average molecular weight is 406 g/mol. The van der Waals surface area contributed by atoms with Crippen molar-refractivity contribution in [1.29, 1.82) is 0 Å². The highest BCUT2D eigenvalue weighted by atomic mass is 19.1. The Bertz CT molecular complexity index is 736. The number of hydrogen-bond acceptors (Lipinski definition) is 5. The summed E-state index contributed by atoms with van der Waals surface area (Å²) in [6.07, 6.45) is -0.634. The summed E-state index contributed by atoms with van der Waals surface area (Å²) in [5.74, 6) is 1.48. The van der Waals surface area contributed by atoms with Crippen LogP contribution in [0.1, 0.15) is 25.0 Å². The maximum Gasteiger partial charge on any atom is 0.165 e. The highest BCUT2D eigenvalue weighted by Crippen LogP contribution is 2.31. The van der Waals surface area contributed by atoms with Gasteiger partial charge < -0.3 is 19.3 Å². The van der Waals surface area contributed by atoms with Gasteiger partial charge >= 0.3 is 0 Å². The standard InChI is InChI=1S/C23H32FNO4/c1-17(2)15-29-16-21(26)14-25(12-18-8-10-20(24)11-9-18)13-19-6-5-7-22(27-3)23(19)28-4/h5-11,17,21,26H,12-16H2,1-4H3. The van der Waals surface area contributed by atoms with Crippen LogP contribution in [0.2, 0.25) is 0 Å². The van der Waals surface area contributed by atoms with Crippen LogP contribution in [0.4, 0.5) is 4.39 Å². The molecular formula is C23H32FNO4. The van der Waals surface area contributed by atoms with Crippen molar-refractivity contribution in [3.63, 3.8) is 0 Å². The van der Waals surface area contributed by atoms with Gasteiger partial charge in [0.05, 0.1) is 26.9 Å². The number of halogens is 1. The second-order valence-corrected chi connectivity index (χ2v) is 7.53. The van der Waals surface area contributed by atoms with Crippen LogP contribution >= 0.6 is 0 Å². The van der Waals surface area contributed by atoms with E-state index in [1.165, 1.54) is 12.1 Å². The van der Waals surface area contributed by atoms with Gasteiger partial charge in [0, 0.05) is 31.8 Å². The molecule has 0 amide bonds. The topological polar surface area (TPSA) is 51.2 Å². The van der Waals surface area contributed by atoms with Crippen LogP contribution in [0.3, 0.4) is 0 Å². The fourth-order valence-corrected chi connectivity index (χ4v) is 3.14. The van der Waals surface area contributed by atoms with Crippen molar-refractivity contribution in [2.75, 3.05) is 34.0 Å². The summed E-state index contributed by atoms with van der Waals surface area (Å²) in [6.45, 7) is 6.54. The molecule has 0 fully saturated rings. The SMILES string of the molecule is COc1cccc(CN(Cc2ccc(F)cc2)CC(O)COCC(C)C)c1OC. The Labute approximate surface area is 173 Å². The Hall–Kier alpha value is -2.15. The highest BCUT2D eigenvalue weighted by Gasteiger charge is 2.17. The predicted octanol–water partition coefficient (Wildman–Crippen LogP) is 3.88. The maximum absolute atomic E-state index is 13.3. The molecule has 0 saturated carbocycles. The van der Waals surface area contributed by atoms with Crippen molar-refractivity contribution in [1.82, 2.24) is 4.90 Å². The highest BCUT2D eigenvalue weighted by molar-refractivity contribution is 5.46. The lowest BCUT2D eigenvalue weighted by molar-refractivity contribution is 0.00543. The molecule has 160 valence electrons. The van der Waals surface area contributed by atoms with Crippen molar-refractivity contribution in [3.8, 4) is 11.5 Å². The van der Waals surface area contributed by atoms with Crippen LogP contribution in [0.15, 0.2) is 42.5 Å². The Balaban J connectivity index is 2.14. The van der Waals surface area contributed by atoms with E-state index in [9.17, 15) is 9.50 Å². The van der Waals surface area contributed by atoms with E-state index in [4.69, 9.17) is 14.2 Å². The zero-order valence-electron chi connectivity index (χ0n) is 17.7. The molecule has 29 heavy (non-hydrogen) atoms. The van der Waals surface area contributed by atoms with E-state index in [2.05, 4.69) is 18.7 Å². The number of methoxy groups -OCH3 is 2. The zero-order chi connectivity index (χ0) is 21.2. The van der Waals surface area contributed by atoms with Crippen LogP contribution in [-0.4, -0.2) is 50.1 Å². The molecular weight excluding hydrogens is 373 g/mol. The van der Waals surface area contributed by atoms with Gasteiger partial charge in [-0.1, -0.05) is 38.1 Å². The first-order valence-electron chi connectivity index (χ1n) is 9.85. The smallest absolute Gasteiger partial charge is 0.165 e. The minimum absolute atomic E-state index is 0.267. The molecule has 0 bridgehead atoms. The van der Waals surface area contributed by atoms with Crippen LogP contribution in [0.25, 0.3) is 0 Å². The molecule has 2 rings (SSSR count). The van der Waals surface area contributed by atoms with E-state index >= 15 is 0 Å². The summed E-state index contributed by atoms with van der Waals surface area (Å²) >= 11 is 0. The van der Waals surface area contributed by atoms with E-state index in [1.54, 1.807) is 26.4 Å². The molecule has 5 nitrogen and oxygen atoms in total. The molecule has 6 heteroatoms. The van der Waals surface area contributed by atoms with Gasteiger partial charge in [0.1, 0.15) is 5.82 Å². The Morgan fingerprint density at radius 2 is 1.69 bits per heavy atom. The van der Waals surface area contributed by atoms with Crippen molar-refractivity contribution in [3.05, 3.63) is 59.4 Å². The van der Waals surface area contributed by atoms with Gasteiger partial charge in [-0.15, -0.1) is 0 Å². The predicted molar refractivity (Wildman–Crippen MR) is 112 cm³/mol. The lowest BCUT2D eigenvalue weighted by atomic mass is 10.1. The molecule has 1 unspecified atom stereocenters. The van der Waals surface area contributed by atoms with E-state index in [1.807, 2.05) is 18.2 Å². The van der Waals surface area contributed by atoms with Gasteiger partial charge in [0.15, 0.2) is 11.5 Å². The summed E-state index contributed by atoms with van der Waals surface area (Å²) in [5.41, 5.74) is 1.91. The van der Waals surface area contributed by atoms with Crippen LogP contribution in [-0.2, 0) is 17.8 Å². The molecule has 0 saturated heterocycles. The fraction of sp³-hybridized carbons (Fsp3) is 0.478. The molecule has 0 radical (unpaired) electrons. The molecule has 2 aromatic carbocycles. The molecule has 0 aromatic heterocycles. The van der Waals surface area contributed by atoms with E-state index in [0.29, 0.717) is 43.7 Å². The normalized spacial score (nSPS) is 12.4. The monoisotopic (exact) mass is 405 g/mol. The van der Waals surface area contributed by atoms with E-state index < -0.39 is 6.10 Å². The van der Waals surface area contributed by atoms with Gasteiger partial charge in [0.2, 0.25) is 0 Å². The molecule has 0 heterocycles. The zero-order valence-corrected chi connectivity index (χ0v) is 17.7. The lowest BCUT2D eigenvalue weighted by Crippen LogP contribution is -2.34. The third-order valence-electron chi connectivity index (χ3n) is 4.43. The Kier molecular flexibility index (Phi) is 9.38. The van der Waals surface area contributed by atoms with E-state index in [-0.39, 0.29) is 12.4 Å². The number of para-hydroxylation sites is 1.